The maximum Gasteiger partial charge on any atom is 0.0455 e. The third kappa shape index (κ3) is 2.19. The van der Waals surface area contributed by atoms with Crippen LogP contribution < -0.4 is 0 Å². The first-order valence-corrected chi connectivity index (χ1v) is 9.73. The predicted molar refractivity (Wildman–Crippen MR) is 94.3 cm³/mol. The molecule has 98 valence electrons. The summed E-state index contributed by atoms with van der Waals surface area (Å²) in [5.74, 6) is 0. The van der Waals surface area contributed by atoms with Gasteiger partial charge >= 0.3 is 0 Å². The molecule has 0 aliphatic carbocycles. The molecular formula is C16H10S4. The van der Waals surface area contributed by atoms with Gasteiger partial charge in [0.25, 0.3) is 0 Å². The number of rotatable bonds is 3. The van der Waals surface area contributed by atoms with E-state index in [-0.39, 0.29) is 0 Å². The first kappa shape index (κ1) is 12.5. The fourth-order valence-corrected chi connectivity index (χ4v) is 5.55. The van der Waals surface area contributed by atoms with Crippen LogP contribution in [0.4, 0.5) is 0 Å². The quantitative estimate of drug-likeness (QED) is 0.382. The Balaban J connectivity index is 1.92. The molecule has 0 aromatic carbocycles. The third-order valence-electron chi connectivity index (χ3n) is 3.11. The minimum absolute atomic E-state index is 1.33. The molecule has 0 saturated heterocycles. The van der Waals surface area contributed by atoms with Crippen LogP contribution in [-0.2, 0) is 0 Å². The average Bonchev–Trinajstić information content (AvgIpc) is 3.22. The molecule has 0 saturated carbocycles. The molecule has 0 radical (unpaired) electrons. The molecule has 0 bridgehead atoms. The zero-order chi connectivity index (χ0) is 13.4. The van der Waals surface area contributed by atoms with E-state index in [2.05, 4.69) is 57.2 Å². The van der Waals surface area contributed by atoms with Gasteiger partial charge in [-0.25, -0.2) is 0 Å². The van der Waals surface area contributed by atoms with E-state index in [1.807, 2.05) is 22.7 Å². The molecule has 4 aromatic rings. The molecular weight excluding hydrogens is 320 g/mol. The molecule has 0 N–H and O–H groups in total. The van der Waals surface area contributed by atoms with Gasteiger partial charge in [0.1, 0.15) is 0 Å². The van der Waals surface area contributed by atoms with Gasteiger partial charge < -0.3 is 0 Å². The summed E-state index contributed by atoms with van der Waals surface area (Å²) in [6.45, 7) is 0. The van der Waals surface area contributed by atoms with E-state index in [1.165, 1.54) is 31.3 Å². The van der Waals surface area contributed by atoms with Gasteiger partial charge in [-0.2, -0.15) is 22.7 Å². The van der Waals surface area contributed by atoms with Crippen LogP contribution in [-0.4, -0.2) is 0 Å². The Morgan fingerprint density at radius 3 is 2.20 bits per heavy atom. The summed E-state index contributed by atoms with van der Waals surface area (Å²) in [4.78, 5) is 4.10. The molecule has 0 nitrogen and oxygen atoms in total. The largest absolute Gasteiger partial charge is 0.152 e. The van der Waals surface area contributed by atoms with Crippen molar-refractivity contribution >= 4 is 45.3 Å². The molecule has 20 heavy (non-hydrogen) atoms. The molecule has 4 heterocycles. The van der Waals surface area contributed by atoms with Gasteiger partial charge in [-0.05, 0) is 56.7 Å². The highest BCUT2D eigenvalue weighted by Gasteiger charge is 2.15. The molecule has 0 aliphatic rings. The number of hydrogen-bond acceptors (Lipinski definition) is 4. The minimum Gasteiger partial charge on any atom is -0.152 e. The lowest BCUT2D eigenvalue weighted by atomic mass is 10.1. The van der Waals surface area contributed by atoms with E-state index < -0.39 is 0 Å². The summed E-state index contributed by atoms with van der Waals surface area (Å²) in [6, 6.07) is 11.1. The van der Waals surface area contributed by atoms with Crippen molar-refractivity contribution in [3.8, 4) is 31.3 Å². The summed E-state index contributed by atoms with van der Waals surface area (Å²) < 4.78 is 0. The van der Waals surface area contributed by atoms with E-state index in [9.17, 15) is 0 Å². The molecule has 0 unspecified atom stereocenters. The van der Waals surface area contributed by atoms with Gasteiger partial charge in [-0.3, -0.25) is 0 Å². The normalized spacial score (nSPS) is 11.0. The van der Waals surface area contributed by atoms with Gasteiger partial charge in [-0.15, -0.1) is 22.7 Å². The molecule has 4 aromatic heterocycles. The number of thiophene rings is 4. The SMILES string of the molecule is c1csc(-c2cc(-c3ccsc3)c(-c3ccsc3)s2)c1. The Morgan fingerprint density at radius 2 is 1.55 bits per heavy atom. The van der Waals surface area contributed by atoms with Gasteiger partial charge in [0.15, 0.2) is 0 Å². The molecule has 4 heteroatoms. The molecule has 0 aliphatic heterocycles. The second kappa shape index (κ2) is 5.30. The Kier molecular flexibility index (Phi) is 3.32. The van der Waals surface area contributed by atoms with Crippen LogP contribution in [0.2, 0.25) is 0 Å². The zero-order valence-electron chi connectivity index (χ0n) is 10.4. The molecule has 4 rings (SSSR count). The lowest BCUT2D eigenvalue weighted by Gasteiger charge is -1.98. The Bertz CT molecular complexity index is 735. The molecule has 0 atom stereocenters. The van der Waals surface area contributed by atoms with Crippen molar-refractivity contribution in [3.05, 3.63) is 57.2 Å². The average molecular weight is 331 g/mol. The minimum atomic E-state index is 1.33. The van der Waals surface area contributed by atoms with Crippen LogP contribution in [0.25, 0.3) is 31.3 Å². The van der Waals surface area contributed by atoms with Crippen LogP contribution in [0, 0.1) is 0 Å². The molecule has 0 fully saturated rings. The second-order valence-corrected chi connectivity index (χ2v) is 7.91. The van der Waals surface area contributed by atoms with Crippen molar-refractivity contribution in [3.63, 3.8) is 0 Å². The summed E-state index contributed by atoms with van der Waals surface area (Å²) in [7, 11) is 0. The number of hydrogen-bond donors (Lipinski definition) is 0. The first-order valence-electron chi connectivity index (χ1n) is 6.14. The Labute approximate surface area is 133 Å². The van der Waals surface area contributed by atoms with Crippen molar-refractivity contribution < 1.29 is 0 Å². The highest BCUT2D eigenvalue weighted by molar-refractivity contribution is 7.24. The van der Waals surface area contributed by atoms with Crippen molar-refractivity contribution in [2.45, 2.75) is 0 Å². The monoisotopic (exact) mass is 330 g/mol. The third-order valence-corrected chi connectivity index (χ3v) is 6.73. The van der Waals surface area contributed by atoms with Crippen LogP contribution in [0.5, 0.6) is 0 Å². The maximum absolute atomic E-state index is 2.34. The maximum atomic E-state index is 2.34. The Morgan fingerprint density at radius 1 is 0.750 bits per heavy atom. The lowest BCUT2D eigenvalue weighted by Crippen LogP contribution is -1.72. The van der Waals surface area contributed by atoms with E-state index in [0.29, 0.717) is 0 Å². The summed E-state index contributed by atoms with van der Waals surface area (Å²) in [5, 5.41) is 10.9. The summed E-state index contributed by atoms with van der Waals surface area (Å²) >= 11 is 7.22. The highest BCUT2D eigenvalue weighted by Crippen LogP contribution is 2.45. The molecule has 0 amide bonds. The van der Waals surface area contributed by atoms with Crippen molar-refractivity contribution in [2.75, 3.05) is 0 Å². The van der Waals surface area contributed by atoms with Crippen LogP contribution in [0.1, 0.15) is 0 Å². The van der Waals surface area contributed by atoms with E-state index in [0.717, 1.165) is 0 Å². The Hall–Kier alpha value is -1.20. The fourth-order valence-electron chi connectivity index (χ4n) is 2.17. The van der Waals surface area contributed by atoms with Gasteiger partial charge in [0.2, 0.25) is 0 Å². The first-order chi connectivity index (χ1) is 9.92. The van der Waals surface area contributed by atoms with E-state index >= 15 is 0 Å². The van der Waals surface area contributed by atoms with Crippen LogP contribution in [0.3, 0.4) is 0 Å². The van der Waals surface area contributed by atoms with Gasteiger partial charge in [-0.1, -0.05) is 6.07 Å². The van der Waals surface area contributed by atoms with E-state index in [4.69, 9.17) is 0 Å². The second-order valence-electron chi connectivity index (χ2n) is 4.35. The molecule has 0 spiro atoms. The lowest BCUT2D eigenvalue weighted by molar-refractivity contribution is 1.79. The van der Waals surface area contributed by atoms with Crippen molar-refractivity contribution in [1.82, 2.24) is 0 Å². The van der Waals surface area contributed by atoms with Crippen LogP contribution in [0.15, 0.2) is 57.2 Å². The van der Waals surface area contributed by atoms with Crippen molar-refractivity contribution in [2.24, 2.45) is 0 Å². The van der Waals surface area contributed by atoms with Crippen molar-refractivity contribution in [1.29, 1.82) is 0 Å². The highest BCUT2D eigenvalue weighted by atomic mass is 32.1. The van der Waals surface area contributed by atoms with Crippen LogP contribution >= 0.6 is 45.3 Å². The van der Waals surface area contributed by atoms with Gasteiger partial charge in [0, 0.05) is 25.8 Å². The summed E-state index contributed by atoms with van der Waals surface area (Å²) in [6.07, 6.45) is 0. The summed E-state index contributed by atoms with van der Waals surface area (Å²) in [5.41, 5.74) is 4.03. The zero-order valence-corrected chi connectivity index (χ0v) is 13.7. The predicted octanol–water partition coefficient (Wildman–Crippen LogP) is 6.93. The van der Waals surface area contributed by atoms with E-state index in [1.54, 1.807) is 22.7 Å². The fraction of sp³-hybridized carbons (Fsp3) is 0. The van der Waals surface area contributed by atoms with Gasteiger partial charge in [0.05, 0.1) is 0 Å². The standard InChI is InChI=1S/C16H10S4/c1-2-14(19-5-1)15-8-13(11-3-6-17-9-11)16(20-15)12-4-7-18-10-12/h1-10H. The topological polar surface area (TPSA) is 0 Å². The smallest absolute Gasteiger partial charge is 0.0455 e.